The van der Waals surface area contributed by atoms with Crippen LogP contribution in [0.3, 0.4) is 0 Å². The van der Waals surface area contributed by atoms with Gasteiger partial charge in [-0.25, -0.2) is 4.79 Å². The average Bonchev–Trinajstić information content (AvgIpc) is 2.14. The second-order valence-electron chi connectivity index (χ2n) is 4.01. The topological polar surface area (TPSA) is 52.6 Å². The standard InChI is InChI=1S/C11H18O4S/c1-5-9(12)14-6-7-16-8-10(13)15-11(2,3)4/h5H,1,6-8H2,2-4H3. The fourth-order valence-electron chi connectivity index (χ4n) is 0.787. The highest BCUT2D eigenvalue weighted by molar-refractivity contribution is 7.99. The third kappa shape index (κ3) is 9.58. The van der Waals surface area contributed by atoms with Gasteiger partial charge in [0.2, 0.25) is 0 Å². The summed E-state index contributed by atoms with van der Waals surface area (Å²) in [5.74, 6) is 0.132. The van der Waals surface area contributed by atoms with E-state index in [9.17, 15) is 9.59 Å². The van der Waals surface area contributed by atoms with Crippen molar-refractivity contribution < 1.29 is 19.1 Å². The molecule has 0 unspecified atom stereocenters. The zero-order chi connectivity index (χ0) is 12.6. The van der Waals surface area contributed by atoms with Crippen LogP contribution in [0.5, 0.6) is 0 Å². The predicted octanol–water partition coefficient (Wildman–Crippen LogP) is 1.79. The fourth-order valence-corrected chi connectivity index (χ4v) is 1.36. The van der Waals surface area contributed by atoms with Gasteiger partial charge in [-0.2, -0.15) is 0 Å². The van der Waals surface area contributed by atoms with Gasteiger partial charge in [0.15, 0.2) is 0 Å². The van der Waals surface area contributed by atoms with Gasteiger partial charge in [-0.3, -0.25) is 4.79 Å². The van der Waals surface area contributed by atoms with Crippen LogP contribution in [0.1, 0.15) is 20.8 Å². The van der Waals surface area contributed by atoms with Crippen LogP contribution in [0.15, 0.2) is 12.7 Å². The van der Waals surface area contributed by atoms with E-state index in [-0.39, 0.29) is 18.3 Å². The number of carbonyl (C=O) groups is 2. The van der Waals surface area contributed by atoms with Crippen molar-refractivity contribution in [3.63, 3.8) is 0 Å². The molecular formula is C11H18O4S. The van der Waals surface area contributed by atoms with Crippen molar-refractivity contribution >= 4 is 23.7 Å². The normalized spacial score (nSPS) is 10.7. The molecule has 0 aromatic carbocycles. The molecule has 0 aromatic rings. The molecule has 4 nitrogen and oxygen atoms in total. The fraction of sp³-hybridized carbons (Fsp3) is 0.636. The molecule has 0 atom stereocenters. The monoisotopic (exact) mass is 246 g/mol. The summed E-state index contributed by atoms with van der Waals surface area (Å²) in [7, 11) is 0. The molecular weight excluding hydrogens is 228 g/mol. The molecule has 0 saturated heterocycles. The van der Waals surface area contributed by atoms with E-state index in [1.807, 2.05) is 20.8 Å². The summed E-state index contributed by atoms with van der Waals surface area (Å²) in [4.78, 5) is 21.9. The van der Waals surface area contributed by atoms with Gasteiger partial charge >= 0.3 is 11.9 Å². The van der Waals surface area contributed by atoms with Crippen LogP contribution in [-0.2, 0) is 19.1 Å². The SMILES string of the molecule is C=CC(=O)OCCSCC(=O)OC(C)(C)C. The molecule has 0 spiro atoms. The van der Waals surface area contributed by atoms with Crippen molar-refractivity contribution in [3.05, 3.63) is 12.7 Å². The van der Waals surface area contributed by atoms with E-state index < -0.39 is 11.6 Å². The molecule has 0 aromatic heterocycles. The average molecular weight is 246 g/mol. The third-order valence-corrected chi connectivity index (χ3v) is 2.17. The van der Waals surface area contributed by atoms with Gasteiger partial charge in [0, 0.05) is 11.8 Å². The molecule has 0 saturated carbocycles. The molecule has 0 heterocycles. The quantitative estimate of drug-likeness (QED) is 0.406. The predicted molar refractivity (Wildman–Crippen MR) is 64.3 cm³/mol. The van der Waals surface area contributed by atoms with Crippen LogP contribution in [0.2, 0.25) is 0 Å². The van der Waals surface area contributed by atoms with E-state index >= 15 is 0 Å². The van der Waals surface area contributed by atoms with Crippen molar-refractivity contribution in [1.82, 2.24) is 0 Å². The summed E-state index contributed by atoms with van der Waals surface area (Å²) in [5.41, 5.74) is -0.451. The Balaban J connectivity index is 3.49. The number of ether oxygens (including phenoxy) is 2. The van der Waals surface area contributed by atoms with E-state index in [1.165, 1.54) is 11.8 Å². The minimum Gasteiger partial charge on any atom is -0.462 e. The number of carbonyl (C=O) groups excluding carboxylic acids is 2. The van der Waals surface area contributed by atoms with E-state index in [0.29, 0.717) is 5.75 Å². The van der Waals surface area contributed by atoms with Gasteiger partial charge in [-0.15, -0.1) is 11.8 Å². The van der Waals surface area contributed by atoms with Crippen molar-refractivity contribution in [2.24, 2.45) is 0 Å². The number of thioether (sulfide) groups is 1. The van der Waals surface area contributed by atoms with Crippen molar-refractivity contribution in [3.8, 4) is 0 Å². The molecule has 0 aliphatic carbocycles. The molecule has 16 heavy (non-hydrogen) atoms. The first-order valence-corrected chi connectivity index (χ1v) is 6.09. The summed E-state index contributed by atoms with van der Waals surface area (Å²) in [5, 5.41) is 0. The van der Waals surface area contributed by atoms with Crippen LogP contribution < -0.4 is 0 Å². The van der Waals surface area contributed by atoms with Crippen molar-refractivity contribution in [2.75, 3.05) is 18.1 Å². The first-order chi connectivity index (χ1) is 7.35. The molecule has 0 aliphatic heterocycles. The van der Waals surface area contributed by atoms with Crippen LogP contribution in [0.4, 0.5) is 0 Å². The summed E-state index contributed by atoms with van der Waals surface area (Å²) in [6.07, 6.45) is 1.11. The molecule has 0 radical (unpaired) electrons. The second kappa shape index (κ2) is 7.33. The zero-order valence-electron chi connectivity index (χ0n) is 9.95. The Labute approximate surface area is 100 Å². The van der Waals surface area contributed by atoms with Crippen LogP contribution in [0, 0.1) is 0 Å². The van der Waals surface area contributed by atoms with Crippen LogP contribution >= 0.6 is 11.8 Å². The van der Waals surface area contributed by atoms with E-state index in [2.05, 4.69) is 6.58 Å². The van der Waals surface area contributed by atoms with Crippen molar-refractivity contribution in [1.29, 1.82) is 0 Å². The van der Waals surface area contributed by atoms with E-state index in [1.54, 1.807) is 0 Å². The number of hydrogen-bond acceptors (Lipinski definition) is 5. The first-order valence-electron chi connectivity index (χ1n) is 4.94. The van der Waals surface area contributed by atoms with Gasteiger partial charge in [0.1, 0.15) is 12.2 Å². The molecule has 92 valence electrons. The van der Waals surface area contributed by atoms with Gasteiger partial charge < -0.3 is 9.47 Å². The lowest BCUT2D eigenvalue weighted by molar-refractivity contribution is -0.151. The van der Waals surface area contributed by atoms with Gasteiger partial charge in [0.25, 0.3) is 0 Å². The maximum absolute atomic E-state index is 11.2. The Morgan fingerprint density at radius 3 is 2.50 bits per heavy atom. The molecule has 0 rings (SSSR count). The number of hydrogen-bond donors (Lipinski definition) is 0. The minimum absolute atomic E-state index is 0.257. The first kappa shape index (κ1) is 15.0. The molecule has 0 bridgehead atoms. The lowest BCUT2D eigenvalue weighted by Crippen LogP contribution is -2.25. The molecule has 0 aliphatic rings. The highest BCUT2D eigenvalue weighted by Gasteiger charge is 2.15. The Kier molecular flexibility index (Phi) is 6.88. The maximum Gasteiger partial charge on any atom is 0.330 e. The number of rotatable bonds is 6. The lowest BCUT2D eigenvalue weighted by Gasteiger charge is -2.19. The Hall–Kier alpha value is -0.970. The highest BCUT2D eigenvalue weighted by atomic mass is 32.2. The third-order valence-electron chi connectivity index (χ3n) is 1.28. The van der Waals surface area contributed by atoms with Crippen LogP contribution in [0.25, 0.3) is 0 Å². The Morgan fingerprint density at radius 2 is 2.00 bits per heavy atom. The summed E-state index contributed by atoms with van der Waals surface area (Å²) in [6.45, 7) is 9.01. The minimum atomic E-state index is -0.451. The van der Waals surface area contributed by atoms with Gasteiger partial charge in [0.05, 0.1) is 5.75 Å². The Morgan fingerprint density at radius 1 is 1.38 bits per heavy atom. The summed E-state index contributed by atoms with van der Waals surface area (Å²) < 4.78 is 9.85. The molecule has 0 N–H and O–H groups in total. The largest absolute Gasteiger partial charge is 0.462 e. The maximum atomic E-state index is 11.2. The molecule has 0 amide bonds. The van der Waals surface area contributed by atoms with Crippen molar-refractivity contribution in [2.45, 2.75) is 26.4 Å². The van der Waals surface area contributed by atoms with Crippen LogP contribution in [-0.4, -0.2) is 35.7 Å². The highest BCUT2D eigenvalue weighted by Crippen LogP contribution is 2.09. The number of esters is 2. The smallest absolute Gasteiger partial charge is 0.330 e. The zero-order valence-corrected chi connectivity index (χ0v) is 10.8. The Bertz CT molecular complexity index is 255. The van der Waals surface area contributed by atoms with Gasteiger partial charge in [-0.05, 0) is 20.8 Å². The lowest BCUT2D eigenvalue weighted by atomic mass is 10.2. The van der Waals surface area contributed by atoms with Gasteiger partial charge in [-0.1, -0.05) is 6.58 Å². The molecule has 0 fully saturated rings. The van der Waals surface area contributed by atoms with E-state index in [0.717, 1.165) is 6.08 Å². The molecule has 5 heteroatoms. The second-order valence-corrected chi connectivity index (χ2v) is 5.12. The summed E-state index contributed by atoms with van der Waals surface area (Å²) >= 11 is 1.37. The van der Waals surface area contributed by atoms with E-state index in [4.69, 9.17) is 9.47 Å². The summed E-state index contributed by atoms with van der Waals surface area (Å²) in [6, 6.07) is 0.